The fraction of sp³-hybridized carbons (Fsp3) is 0.875. The maximum absolute atomic E-state index is 12.6. The lowest BCUT2D eigenvalue weighted by atomic mass is 9.82. The van der Waals surface area contributed by atoms with Gasteiger partial charge in [-0.25, -0.2) is 0 Å². The average molecular weight is 277 g/mol. The van der Waals surface area contributed by atoms with E-state index in [4.69, 9.17) is 5.26 Å². The molecule has 2 aliphatic heterocycles. The number of nitrogens with zero attached hydrogens (tertiary/aromatic N) is 3. The monoisotopic (exact) mass is 277 g/mol. The van der Waals surface area contributed by atoms with Crippen LogP contribution in [0, 0.1) is 16.7 Å². The van der Waals surface area contributed by atoms with Crippen LogP contribution in [0.4, 0.5) is 0 Å². The minimum Gasteiger partial charge on any atom is -0.341 e. The smallest absolute Gasteiger partial charge is 0.239 e. The van der Waals surface area contributed by atoms with Crippen LogP contribution in [0.3, 0.4) is 0 Å². The molecule has 1 unspecified atom stereocenters. The van der Waals surface area contributed by atoms with Gasteiger partial charge in [0.25, 0.3) is 0 Å². The van der Waals surface area contributed by atoms with Crippen molar-refractivity contribution >= 4 is 5.91 Å². The fourth-order valence-corrected chi connectivity index (χ4v) is 3.24. The predicted molar refractivity (Wildman–Crippen MR) is 79.0 cm³/mol. The first-order chi connectivity index (χ1) is 9.56. The molecule has 2 fully saturated rings. The third-order valence-corrected chi connectivity index (χ3v) is 4.99. The zero-order valence-electron chi connectivity index (χ0n) is 12.9. The van der Waals surface area contributed by atoms with Crippen molar-refractivity contribution in [3.63, 3.8) is 0 Å². The van der Waals surface area contributed by atoms with Crippen molar-refractivity contribution in [1.82, 2.24) is 9.80 Å². The van der Waals surface area contributed by atoms with E-state index in [2.05, 4.69) is 11.0 Å². The lowest BCUT2D eigenvalue weighted by Gasteiger charge is -2.38. The summed E-state index contributed by atoms with van der Waals surface area (Å²) in [6, 6.07) is 2.39. The highest BCUT2D eigenvalue weighted by Gasteiger charge is 2.34. The minimum absolute atomic E-state index is 0.000424. The Bertz CT molecular complexity index is 372. The molecule has 1 atom stereocenters. The molecule has 0 aromatic rings. The van der Waals surface area contributed by atoms with E-state index in [0.29, 0.717) is 0 Å². The van der Waals surface area contributed by atoms with Crippen LogP contribution < -0.4 is 0 Å². The molecule has 2 aliphatic rings. The Labute approximate surface area is 122 Å². The number of carbonyl (C=O) groups excluding carboxylic acids is 1. The molecule has 0 aromatic carbocycles. The Morgan fingerprint density at radius 3 is 2.15 bits per heavy atom. The molecule has 0 aliphatic carbocycles. The lowest BCUT2D eigenvalue weighted by Crippen LogP contribution is -2.50. The summed E-state index contributed by atoms with van der Waals surface area (Å²) < 4.78 is 0. The molecule has 112 valence electrons. The third kappa shape index (κ3) is 3.52. The second-order valence-corrected chi connectivity index (χ2v) is 6.62. The quantitative estimate of drug-likeness (QED) is 0.778. The number of amides is 1. The van der Waals surface area contributed by atoms with Crippen molar-refractivity contribution in [2.24, 2.45) is 5.41 Å². The van der Waals surface area contributed by atoms with Gasteiger partial charge in [0.2, 0.25) is 5.91 Å². The van der Waals surface area contributed by atoms with Gasteiger partial charge in [0.05, 0.1) is 17.5 Å². The Morgan fingerprint density at radius 2 is 1.65 bits per heavy atom. The zero-order valence-corrected chi connectivity index (χ0v) is 12.9. The van der Waals surface area contributed by atoms with Crippen molar-refractivity contribution in [2.45, 2.75) is 58.4 Å². The van der Waals surface area contributed by atoms with Gasteiger partial charge in [0.15, 0.2) is 0 Å². The molecule has 0 N–H and O–H groups in total. The summed E-state index contributed by atoms with van der Waals surface area (Å²) in [5, 5.41) is 9.16. The normalized spacial score (nSPS) is 25.6. The third-order valence-electron chi connectivity index (χ3n) is 4.99. The number of carbonyl (C=O) groups is 1. The topological polar surface area (TPSA) is 47.3 Å². The van der Waals surface area contributed by atoms with Crippen LogP contribution in [0.15, 0.2) is 0 Å². The molecule has 4 nitrogen and oxygen atoms in total. The molecular weight excluding hydrogens is 250 g/mol. The van der Waals surface area contributed by atoms with E-state index in [1.807, 2.05) is 18.7 Å². The molecule has 0 saturated carbocycles. The minimum atomic E-state index is -0.234. The van der Waals surface area contributed by atoms with Gasteiger partial charge in [-0.15, -0.1) is 0 Å². The number of nitriles is 1. The first-order valence-electron chi connectivity index (χ1n) is 8.00. The maximum Gasteiger partial charge on any atom is 0.239 e. The van der Waals surface area contributed by atoms with E-state index in [1.54, 1.807) is 0 Å². The highest BCUT2D eigenvalue weighted by Crippen LogP contribution is 2.30. The number of hydrogen-bond acceptors (Lipinski definition) is 3. The Morgan fingerprint density at radius 1 is 1.10 bits per heavy atom. The molecule has 4 heteroatoms. The summed E-state index contributed by atoms with van der Waals surface area (Å²) in [7, 11) is 0. The van der Waals surface area contributed by atoms with Gasteiger partial charge in [-0.1, -0.05) is 12.8 Å². The number of rotatable bonds is 2. The Hall–Kier alpha value is -1.08. The van der Waals surface area contributed by atoms with Gasteiger partial charge in [-0.05, 0) is 52.6 Å². The van der Waals surface area contributed by atoms with Crippen molar-refractivity contribution < 1.29 is 4.79 Å². The van der Waals surface area contributed by atoms with E-state index in [9.17, 15) is 4.79 Å². The molecule has 0 aromatic heterocycles. The molecule has 2 rings (SSSR count). The van der Waals surface area contributed by atoms with Crippen molar-refractivity contribution in [3.8, 4) is 6.07 Å². The van der Waals surface area contributed by atoms with Crippen LogP contribution in [-0.2, 0) is 4.79 Å². The van der Waals surface area contributed by atoms with E-state index < -0.39 is 0 Å². The Balaban J connectivity index is 1.89. The summed E-state index contributed by atoms with van der Waals surface area (Å²) in [6.07, 6.45) is 6.63. The van der Waals surface area contributed by atoms with E-state index >= 15 is 0 Å². The standard InChI is InChI=1S/C16H27N3O/c1-14(18-9-5-3-4-6-10-18)15(20)19-11-7-16(2,13-17)8-12-19/h14H,3-12H2,1-2H3. The molecule has 0 bridgehead atoms. The molecule has 0 radical (unpaired) electrons. The van der Waals surface area contributed by atoms with Crippen LogP contribution in [-0.4, -0.2) is 47.9 Å². The first-order valence-corrected chi connectivity index (χ1v) is 8.00. The van der Waals surface area contributed by atoms with Crippen LogP contribution >= 0.6 is 0 Å². The first kappa shape index (κ1) is 15.3. The lowest BCUT2D eigenvalue weighted by molar-refractivity contribution is -0.138. The average Bonchev–Trinajstić information content (AvgIpc) is 2.75. The predicted octanol–water partition coefficient (Wildman–Crippen LogP) is 2.40. The largest absolute Gasteiger partial charge is 0.341 e. The number of piperidine rings is 1. The van der Waals surface area contributed by atoms with E-state index in [1.165, 1.54) is 25.7 Å². The van der Waals surface area contributed by atoms with Gasteiger partial charge in [-0.2, -0.15) is 5.26 Å². The molecular formula is C16H27N3O. The summed E-state index contributed by atoms with van der Waals surface area (Å²) >= 11 is 0. The van der Waals surface area contributed by atoms with Crippen LogP contribution in [0.1, 0.15) is 52.4 Å². The Kier molecular flexibility index (Phi) is 5.04. The SMILES string of the molecule is CC(C(=O)N1CCC(C)(C#N)CC1)N1CCCCCC1. The molecule has 1 amide bonds. The van der Waals surface area contributed by atoms with Gasteiger partial charge in [0.1, 0.15) is 0 Å². The van der Waals surface area contributed by atoms with Crippen molar-refractivity contribution in [2.75, 3.05) is 26.2 Å². The van der Waals surface area contributed by atoms with Gasteiger partial charge in [-0.3, -0.25) is 9.69 Å². The molecule has 0 spiro atoms. The van der Waals surface area contributed by atoms with Gasteiger partial charge < -0.3 is 4.90 Å². The maximum atomic E-state index is 12.6. The summed E-state index contributed by atoms with van der Waals surface area (Å²) in [5.41, 5.74) is -0.234. The molecule has 2 saturated heterocycles. The summed E-state index contributed by atoms with van der Waals surface area (Å²) in [5.74, 6) is 0.256. The van der Waals surface area contributed by atoms with Gasteiger partial charge in [0, 0.05) is 13.1 Å². The summed E-state index contributed by atoms with van der Waals surface area (Å²) in [6.45, 7) is 7.63. The molecule has 2 heterocycles. The van der Waals surface area contributed by atoms with E-state index in [0.717, 1.165) is 39.0 Å². The second-order valence-electron chi connectivity index (χ2n) is 6.62. The molecule has 20 heavy (non-hydrogen) atoms. The fourth-order valence-electron chi connectivity index (χ4n) is 3.24. The number of likely N-dealkylation sites (tertiary alicyclic amines) is 2. The van der Waals surface area contributed by atoms with Crippen molar-refractivity contribution in [1.29, 1.82) is 5.26 Å². The van der Waals surface area contributed by atoms with Crippen LogP contribution in [0.5, 0.6) is 0 Å². The van der Waals surface area contributed by atoms with Crippen LogP contribution in [0.2, 0.25) is 0 Å². The zero-order chi connectivity index (χ0) is 14.6. The second kappa shape index (κ2) is 6.58. The highest BCUT2D eigenvalue weighted by molar-refractivity contribution is 5.81. The van der Waals surface area contributed by atoms with Crippen molar-refractivity contribution in [3.05, 3.63) is 0 Å². The summed E-state index contributed by atoms with van der Waals surface area (Å²) in [4.78, 5) is 16.9. The van der Waals surface area contributed by atoms with E-state index in [-0.39, 0.29) is 17.4 Å². The van der Waals surface area contributed by atoms with Gasteiger partial charge >= 0.3 is 0 Å². The highest BCUT2D eigenvalue weighted by atomic mass is 16.2. The number of hydrogen-bond donors (Lipinski definition) is 0. The van der Waals surface area contributed by atoms with Crippen LogP contribution in [0.25, 0.3) is 0 Å².